The number of aromatic nitrogens is 3. The number of anilines is 1. The zero-order chi connectivity index (χ0) is 13.9. The molecule has 7 heteroatoms. The first-order valence-electron chi connectivity index (χ1n) is 5.84. The highest BCUT2D eigenvalue weighted by atomic mass is 32.2. The SMILES string of the molecule is Cn1cnc(CCNc2ccccc2S(C)(=O)=O)n1. The lowest BCUT2D eigenvalue weighted by Gasteiger charge is -2.09. The van der Waals surface area contributed by atoms with Crippen LogP contribution in [0.1, 0.15) is 5.82 Å². The smallest absolute Gasteiger partial charge is 0.177 e. The largest absolute Gasteiger partial charge is 0.384 e. The third-order valence-corrected chi connectivity index (χ3v) is 3.75. The van der Waals surface area contributed by atoms with Crippen molar-refractivity contribution in [2.75, 3.05) is 18.1 Å². The van der Waals surface area contributed by atoms with Gasteiger partial charge in [0.2, 0.25) is 0 Å². The molecule has 0 aliphatic heterocycles. The Kier molecular flexibility index (Phi) is 3.84. The fourth-order valence-electron chi connectivity index (χ4n) is 1.74. The van der Waals surface area contributed by atoms with Gasteiger partial charge >= 0.3 is 0 Å². The van der Waals surface area contributed by atoms with Gasteiger partial charge in [0.25, 0.3) is 0 Å². The molecule has 1 heterocycles. The number of aryl methyl sites for hydroxylation is 1. The number of sulfone groups is 1. The summed E-state index contributed by atoms with van der Waals surface area (Å²) < 4.78 is 24.9. The van der Waals surface area contributed by atoms with Crippen molar-refractivity contribution in [2.24, 2.45) is 7.05 Å². The van der Waals surface area contributed by atoms with Gasteiger partial charge in [-0.25, -0.2) is 13.4 Å². The number of hydrogen-bond donors (Lipinski definition) is 1. The summed E-state index contributed by atoms with van der Waals surface area (Å²) in [5.41, 5.74) is 0.612. The third-order valence-electron chi connectivity index (χ3n) is 2.60. The van der Waals surface area contributed by atoms with Crippen LogP contribution in [0, 0.1) is 0 Å². The molecule has 0 atom stereocenters. The zero-order valence-corrected chi connectivity index (χ0v) is 11.7. The number of rotatable bonds is 5. The van der Waals surface area contributed by atoms with E-state index in [0.29, 0.717) is 23.5 Å². The van der Waals surface area contributed by atoms with Gasteiger partial charge in [0, 0.05) is 26.3 Å². The van der Waals surface area contributed by atoms with E-state index < -0.39 is 9.84 Å². The number of nitrogens with one attached hydrogen (secondary N) is 1. The van der Waals surface area contributed by atoms with Gasteiger partial charge in [0.1, 0.15) is 6.33 Å². The molecule has 1 aromatic heterocycles. The summed E-state index contributed by atoms with van der Waals surface area (Å²) in [4.78, 5) is 4.42. The topological polar surface area (TPSA) is 76.9 Å². The normalized spacial score (nSPS) is 11.5. The zero-order valence-electron chi connectivity index (χ0n) is 10.9. The molecule has 1 N–H and O–H groups in total. The highest BCUT2D eigenvalue weighted by molar-refractivity contribution is 7.90. The van der Waals surface area contributed by atoms with Crippen LogP contribution in [0.2, 0.25) is 0 Å². The average molecular weight is 280 g/mol. The van der Waals surface area contributed by atoms with Crippen LogP contribution in [-0.2, 0) is 23.3 Å². The molecule has 6 nitrogen and oxygen atoms in total. The third kappa shape index (κ3) is 3.54. The summed E-state index contributed by atoms with van der Waals surface area (Å²) in [5, 5.41) is 7.27. The molecule has 0 aliphatic rings. The van der Waals surface area contributed by atoms with E-state index in [-0.39, 0.29) is 0 Å². The fourth-order valence-corrected chi connectivity index (χ4v) is 2.61. The molecular weight excluding hydrogens is 264 g/mol. The van der Waals surface area contributed by atoms with E-state index in [1.807, 2.05) is 7.05 Å². The molecule has 102 valence electrons. The summed E-state index contributed by atoms with van der Waals surface area (Å²) in [7, 11) is -1.41. The predicted molar refractivity (Wildman–Crippen MR) is 72.7 cm³/mol. The number of para-hydroxylation sites is 1. The van der Waals surface area contributed by atoms with Crippen molar-refractivity contribution in [3.63, 3.8) is 0 Å². The van der Waals surface area contributed by atoms with Crippen LogP contribution in [-0.4, -0.2) is 36.0 Å². The minimum absolute atomic E-state index is 0.309. The molecule has 0 radical (unpaired) electrons. The predicted octanol–water partition coefficient (Wildman–Crippen LogP) is 0.873. The molecule has 1 aromatic carbocycles. The maximum atomic E-state index is 11.6. The van der Waals surface area contributed by atoms with Crippen LogP contribution in [0.3, 0.4) is 0 Å². The molecular formula is C12H16N4O2S. The van der Waals surface area contributed by atoms with E-state index in [0.717, 1.165) is 5.82 Å². The van der Waals surface area contributed by atoms with Gasteiger partial charge in [-0.15, -0.1) is 0 Å². The van der Waals surface area contributed by atoms with E-state index in [9.17, 15) is 8.42 Å². The van der Waals surface area contributed by atoms with Crippen molar-refractivity contribution in [3.05, 3.63) is 36.4 Å². The van der Waals surface area contributed by atoms with Gasteiger partial charge in [0.15, 0.2) is 15.7 Å². The van der Waals surface area contributed by atoms with E-state index in [1.54, 1.807) is 35.3 Å². The van der Waals surface area contributed by atoms with E-state index >= 15 is 0 Å². The maximum Gasteiger partial charge on any atom is 0.177 e. The first kappa shape index (κ1) is 13.5. The second-order valence-electron chi connectivity index (χ2n) is 4.28. The van der Waals surface area contributed by atoms with Crippen LogP contribution >= 0.6 is 0 Å². The van der Waals surface area contributed by atoms with Gasteiger partial charge in [-0.05, 0) is 12.1 Å². The first-order chi connectivity index (χ1) is 8.97. The molecule has 2 aromatic rings. The minimum atomic E-state index is -3.22. The Balaban J connectivity index is 2.04. The van der Waals surface area contributed by atoms with Crippen LogP contribution in [0.5, 0.6) is 0 Å². The highest BCUT2D eigenvalue weighted by Gasteiger charge is 2.12. The summed E-state index contributed by atoms with van der Waals surface area (Å²) in [5.74, 6) is 0.729. The summed E-state index contributed by atoms with van der Waals surface area (Å²) >= 11 is 0. The molecule has 19 heavy (non-hydrogen) atoms. The quantitative estimate of drug-likeness (QED) is 0.879. The van der Waals surface area contributed by atoms with E-state index in [4.69, 9.17) is 0 Å². The van der Waals surface area contributed by atoms with E-state index in [1.165, 1.54) is 6.26 Å². The Hall–Kier alpha value is -1.89. The molecule has 0 unspecified atom stereocenters. The molecule has 2 rings (SSSR count). The molecule has 0 aliphatic carbocycles. The monoisotopic (exact) mass is 280 g/mol. The Labute approximate surface area is 112 Å². The standard InChI is InChI=1S/C12H16N4O2S/c1-16-9-14-12(15-16)7-8-13-10-5-3-4-6-11(10)19(2,17)18/h3-6,9,13H,7-8H2,1-2H3. The lowest BCUT2D eigenvalue weighted by Crippen LogP contribution is -2.10. The number of benzene rings is 1. The average Bonchev–Trinajstić information content (AvgIpc) is 2.74. The second kappa shape index (κ2) is 5.40. The summed E-state index contributed by atoms with van der Waals surface area (Å²) in [6, 6.07) is 6.86. The van der Waals surface area contributed by atoms with Crippen molar-refractivity contribution in [3.8, 4) is 0 Å². The minimum Gasteiger partial charge on any atom is -0.384 e. The second-order valence-corrected chi connectivity index (χ2v) is 6.26. The van der Waals surface area contributed by atoms with Gasteiger partial charge in [0.05, 0.1) is 10.6 Å². The van der Waals surface area contributed by atoms with E-state index in [2.05, 4.69) is 15.4 Å². The van der Waals surface area contributed by atoms with Gasteiger partial charge in [-0.3, -0.25) is 4.68 Å². The van der Waals surface area contributed by atoms with Crippen molar-refractivity contribution >= 4 is 15.5 Å². The van der Waals surface area contributed by atoms with Crippen LogP contribution < -0.4 is 5.32 Å². The highest BCUT2D eigenvalue weighted by Crippen LogP contribution is 2.20. The Bertz CT molecular complexity index is 664. The van der Waals surface area contributed by atoms with Crippen molar-refractivity contribution < 1.29 is 8.42 Å². The maximum absolute atomic E-state index is 11.6. The molecule has 0 saturated carbocycles. The summed E-state index contributed by atoms with van der Waals surface area (Å²) in [6.07, 6.45) is 3.48. The molecule has 0 fully saturated rings. The lowest BCUT2D eigenvalue weighted by molar-refractivity contribution is 0.602. The van der Waals surface area contributed by atoms with Gasteiger partial charge in [-0.2, -0.15) is 5.10 Å². The van der Waals surface area contributed by atoms with Crippen molar-refractivity contribution in [1.82, 2.24) is 14.8 Å². The van der Waals surface area contributed by atoms with Crippen LogP contribution in [0.25, 0.3) is 0 Å². The molecule has 0 bridgehead atoms. The van der Waals surface area contributed by atoms with Crippen molar-refractivity contribution in [1.29, 1.82) is 0 Å². The Morgan fingerprint density at radius 2 is 2.05 bits per heavy atom. The van der Waals surface area contributed by atoms with Crippen LogP contribution in [0.15, 0.2) is 35.5 Å². The molecule has 0 spiro atoms. The van der Waals surface area contributed by atoms with Crippen molar-refractivity contribution in [2.45, 2.75) is 11.3 Å². The molecule has 0 amide bonds. The van der Waals surface area contributed by atoms with Gasteiger partial charge in [-0.1, -0.05) is 12.1 Å². The number of nitrogens with zero attached hydrogens (tertiary/aromatic N) is 3. The van der Waals surface area contributed by atoms with Crippen LogP contribution in [0.4, 0.5) is 5.69 Å². The fraction of sp³-hybridized carbons (Fsp3) is 0.333. The van der Waals surface area contributed by atoms with Gasteiger partial charge < -0.3 is 5.32 Å². The summed E-state index contributed by atoms with van der Waals surface area (Å²) in [6.45, 7) is 0.580. The first-order valence-corrected chi connectivity index (χ1v) is 7.73. The molecule has 0 saturated heterocycles. The number of hydrogen-bond acceptors (Lipinski definition) is 5. The Morgan fingerprint density at radius 3 is 2.68 bits per heavy atom. The Morgan fingerprint density at radius 1 is 1.32 bits per heavy atom. The lowest BCUT2D eigenvalue weighted by atomic mass is 10.3.